The Morgan fingerprint density at radius 1 is 1.13 bits per heavy atom. The number of hydrogen-bond acceptors (Lipinski definition) is 6. The van der Waals surface area contributed by atoms with Gasteiger partial charge in [-0.15, -0.1) is 0 Å². The van der Waals surface area contributed by atoms with Crippen LogP contribution in [0.1, 0.15) is 35.3 Å². The number of rotatable bonds is 6. The lowest BCUT2D eigenvalue weighted by Crippen LogP contribution is -2.23. The third kappa shape index (κ3) is 4.36. The van der Waals surface area contributed by atoms with Gasteiger partial charge in [-0.05, 0) is 49.2 Å². The third-order valence-electron chi connectivity index (χ3n) is 4.69. The van der Waals surface area contributed by atoms with Gasteiger partial charge in [0.15, 0.2) is 11.5 Å². The van der Waals surface area contributed by atoms with Crippen LogP contribution in [0, 0.1) is 0 Å². The monoisotopic (exact) mass is 406 g/mol. The fourth-order valence-electron chi connectivity index (χ4n) is 3.00. The number of carbonyl (C=O) groups is 1. The van der Waals surface area contributed by atoms with Crippen LogP contribution in [0.3, 0.4) is 0 Å². The first kappa shape index (κ1) is 19.7. The molecular formula is C23H22N2O5. The average Bonchev–Trinajstić information content (AvgIpc) is 3.20. The fourth-order valence-corrected chi connectivity index (χ4v) is 3.00. The number of carbonyl (C=O) groups excluding carboxylic acids is 1. The Balaban J connectivity index is 1.44. The highest BCUT2D eigenvalue weighted by Crippen LogP contribution is 2.36. The zero-order valence-electron chi connectivity index (χ0n) is 16.7. The van der Waals surface area contributed by atoms with E-state index in [0.717, 1.165) is 11.1 Å². The molecule has 0 unspecified atom stereocenters. The van der Waals surface area contributed by atoms with Crippen LogP contribution in [-0.2, 0) is 12.1 Å². The molecule has 2 heterocycles. The van der Waals surface area contributed by atoms with E-state index < -0.39 is 5.60 Å². The second kappa shape index (κ2) is 8.04. The van der Waals surface area contributed by atoms with Gasteiger partial charge in [-0.1, -0.05) is 24.3 Å². The first-order valence-corrected chi connectivity index (χ1v) is 9.53. The van der Waals surface area contributed by atoms with Crippen LogP contribution in [-0.4, -0.2) is 22.8 Å². The number of ether oxygens (including phenoxy) is 3. The summed E-state index contributed by atoms with van der Waals surface area (Å²) in [6.07, 6.45) is 1.56. The Labute approximate surface area is 174 Å². The zero-order valence-corrected chi connectivity index (χ0v) is 16.7. The second-order valence-corrected chi connectivity index (χ2v) is 7.41. The number of nitrogens with zero attached hydrogens (tertiary/aromatic N) is 1. The van der Waals surface area contributed by atoms with Crippen molar-refractivity contribution in [2.75, 3.05) is 6.79 Å². The van der Waals surface area contributed by atoms with E-state index in [1.807, 2.05) is 24.3 Å². The minimum atomic E-state index is -0.904. The highest BCUT2D eigenvalue weighted by Gasteiger charge is 2.18. The Morgan fingerprint density at radius 3 is 2.67 bits per heavy atom. The maximum atomic E-state index is 12.7. The Kier molecular flexibility index (Phi) is 5.29. The number of fused-ring (bicyclic) bond motifs is 1. The van der Waals surface area contributed by atoms with Crippen LogP contribution in [0.25, 0.3) is 0 Å². The van der Waals surface area contributed by atoms with Gasteiger partial charge in [0.1, 0.15) is 11.3 Å². The molecule has 0 aliphatic carbocycles. The summed E-state index contributed by atoms with van der Waals surface area (Å²) in [6, 6.07) is 16.0. The zero-order chi connectivity index (χ0) is 21.1. The molecule has 7 nitrogen and oxygen atoms in total. The molecule has 1 aromatic heterocycles. The molecule has 154 valence electrons. The van der Waals surface area contributed by atoms with Crippen molar-refractivity contribution in [3.63, 3.8) is 0 Å². The van der Waals surface area contributed by atoms with E-state index in [0.29, 0.717) is 29.4 Å². The lowest BCUT2D eigenvalue weighted by Gasteiger charge is -2.18. The topological polar surface area (TPSA) is 89.9 Å². The van der Waals surface area contributed by atoms with Crippen molar-refractivity contribution in [2.45, 2.75) is 26.0 Å². The molecule has 7 heteroatoms. The predicted molar refractivity (Wildman–Crippen MR) is 110 cm³/mol. The van der Waals surface area contributed by atoms with Gasteiger partial charge in [-0.25, -0.2) is 4.98 Å². The van der Waals surface area contributed by atoms with Gasteiger partial charge in [0.25, 0.3) is 5.91 Å². The quantitative estimate of drug-likeness (QED) is 0.648. The van der Waals surface area contributed by atoms with Gasteiger partial charge in [-0.2, -0.15) is 0 Å². The Morgan fingerprint density at radius 2 is 1.90 bits per heavy atom. The first-order chi connectivity index (χ1) is 14.4. The second-order valence-electron chi connectivity index (χ2n) is 7.41. The summed E-state index contributed by atoms with van der Waals surface area (Å²) in [5.41, 5.74) is 1.14. The maximum Gasteiger partial charge on any atom is 0.257 e. The molecule has 0 saturated carbocycles. The molecule has 0 radical (unpaired) electrons. The highest BCUT2D eigenvalue weighted by molar-refractivity contribution is 5.96. The molecule has 2 N–H and O–H groups in total. The molecule has 0 fully saturated rings. The summed E-state index contributed by atoms with van der Waals surface area (Å²) in [4.78, 5) is 16.9. The molecule has 2 aromatic carbocycles. The van der Waals surface area contributed by atoms with Gasteiger partial charge in [0.2, 0.25) is 12.7 Å². The van der Waals surface area contributed by atoms with E-state index in [1.165, 1.54) is 0 Å². The predicted octanol–water partition coefficient (Wildman–Crippen LogP) is 3.76. The van der Waals surface area contributed by atoms with Crippen molar-refractivity contribution in [3.8, 4) is 23.1 Å². The molecule has 1 aliphatic rings. The smallest absolute Gasteiger partial charge is 0.257 e. The maximum absolute atomic E-state index is 12.7. The van der Waals surface area contributed by atoms with Crippen LogP contribution in [0.5, 0.6) is 23.1 Å². The normalized spacial score (nSPS) is 12.5. The lowest BCUT2D eigenvalue weighted by atomic mass is 9.97. The first-order valence-electron chi connectivity index (χ1n) is 9.53. The number of aromatic nitrogens is 1. The van der Waals surface area contributed by atoms with Crippen LogP contribution >= 0.6 is 0 Å². The van der Waals surface area contributed by atoms with Gasteiger partial charge >= 0.3 is 0 Å². The molecule has 4 rings (SSSR count). The number of benzene rings is 2. The van der Waals surface area contributed by atoms with Gasteiger partial charge in [-0.3, -0.25) is 4.79 Å². The summed E-state index contributed by atoms with van der Waals surface area (Å²) in [7, 11) is 0. The molecule has 0 spiro atoms. The number of amides is 1. The molecule has 1 aliphatic heterocycles. The SMILES string of the molecule is CC(C)(O)c1ccc(CNC(=O)c2cccnc2Oc2ccc3c(c2)OCO3)cc1. The van der Waals surface area contributed by atoms with E-state index in [-0.39, 0.29) is 18.6 Å². The summed E-state index contributed by atoms with van der Waals surface area (Å²) < 4.78 is 16.5. The van der Waals surface area contributed by atoms with E-state index >= 15 is 0 Å². The van der Waals surface area contributed by atoms with Crippen molar-refractivity contribution in [3.05, 3.63) is 77.5 Å². The molecule has 3 aromatic rings. The van der Waals surface area contributed by atoms with Crippen LogP contribution in [0.2, 0.25) is 0 Å². The van der Waals surface area contributed by atoms with Crippen LogP contribution in [0.4, 0.5) is 0 Å². The van der Waals surface area contributed by atoms with Crippen molar-refractivity contribution in [2.24, 2.45) is 0 Å². The number of hydrogen-bond donors (Lipinski definition) is 2. The standard InChI is InChI=1S/C23H22N2O5/c1-23(2,27)16-7-5-15(6-8-16)13-25-21(26)18-4-3-11-24-22(18)30-17-9-10-19-20(12-17)29-14-28-19/h3-12,27H,13-14H2,1-2H3,(H,25,26). The minimum Gasteiger partial charge on any atom is -0.454 e. The van der Waals surface area contributed by atoms with E-state index in [2.05, 4.69) is 10.3 Å². The number of nitrogens with one attached hydrogen (secondary N) is 1. The summed E-state index contributed by atoms with van der Waals surface area (Å²) >= 11 is 0. The molecular weight excluding hydrogens is 384 g/mol. The number of pyridine rings is 1. The van der Waals surface area contributed by atoms with Gasteiger partial charge in [0.05, 0.1) is 5.60 Å². The van der Waals surface area contributed by atoms with Crippen molar-refractivity contribution in [1.29, 1.82) is 0 Å². The van der Waals surface area contributed by atoms with Crippen LogP contribution in [0.15, 0.2) is 60.8 Å². The van der Waals surface area contributed by atoms with Crippen molar-refractivity contribution < 1.29 is 24.1 Å². The molecule has 0 saturated heterocycles. The Hall–Kier alpha value is -3.58. The molecule has 1 amide bonds. The van der Waals surface area contributed by atoms with Crippen molar-refractivity contribution >= 4 is 5.91 Å². The minimum absolute atomic E-state index is 0.173. The third-order valence-corrected chi connectivity index (χ3v) is 4.69. The number of aliphatic hydroxyl groups is 1. The molecule has 0 atom stereocenters. The lowest BCUT2D eigenvalue weighted by molar-refractivity contribution is 0.0785. The summed E-state index contributed by atoms with van der Waals surface area (Å²) in [5, 5.41) is 12.9. The largest absolute Gasteiger partial charge is 0.454 e. The van der Waals surface area contributed by atoms with E-state index in [4.69, 9.17) is 14.2 Å². The van der Waals surface area contributed by atoms with E-state index in [9.17, 15) is 9.90 Å². The summed E-state index contributed by atoms with van der Waals surface area (Å²) in [5.74, 6) is 1.63. The average molecular weight is 406 g/mol. The molecule has 0 bridgehead atoms. The van der Waals surface area contributed by atoms with Gasteiger partial charge < -0.3 is 24.6 Å². The van der Waals surface area contributed by atoms with E-state index in [1.54, 1.807) is 50.4 Å². The summed E-state index contributed by atoms with van der Waals surface area (Å²) in [6.45, 7) is 3.97. The Bertz CT molecular complexity index is 1060. The highest BCUT2D eigenvalue weighted by atomic mass is 16.7. The van der Waals surface area contributed by atoms with Crippen LogP contribution < -0.4 is 19.5 Å². The van der Waals surface area contributed by atoms with Gasteiger partial charge in [0, 0.05) is 18.8 Å². The fraction of sp³-hybridized carbons (Fsp3) is 0.217. The molecule has 30 heavy (non-hydrogen) atoms. The van der Waals surface area contributed by atoms with Crippen molar-refractivity contribution in [1.82, 2.24) is 10.3 Å².